The van der Waals surface area contributed by atoms with Crippen molar-refractivity contribution in [2.75, 3.05) is 75.0 Å². The van der Waals surface area contributed by atoms with E-state index in [0.717, 1.165) is 60.9 Å². The number of amidine groups is 3. The zero-order valence-corrected chi connectivity index (χ0v) is 68.5. The highest BCUT2D eigenvalue weighted by Gasteiger charge is 2.34. The van der Waals surface area contributed by atoms with Crippen LogP contribution in [0.5, 0.6) is 17.2 Å². The Hall–Kier alpha value is -11.6. The molecule has 35 heteroatoms. The lowest BCUT2D eigenvalue weighted by molar-refractivity contribution is -0.275. The Morgan fingerprint density at radius 2 is 0.879 bits per heavy atom. The van der Waals surface area contributed by atoms with Crippen molar-refractivity contribution < 1.29 is 103 Å². The van der Waals surface area contributed by atoms with Crippen LogP contribution < -0.4 is 34.2 Å². The van der Waals surface area contributed by atoms with Crippen LogP contribution in [0.15, 0.2) is 286 Å². The minimum atomic E-state index is -4.69. The van der Waals surface area contributed by atoms with Gasteiger partial charge in [0, 0.05) is 60.7 Å². The molecule has 2 heterocycles. The van der Waals surface area contributed by atoms with E-state index in [2.05, 4.69) is 122 Å². The predicted molar refractivity (Wildman–Crippen MR) is 439 cm³/mol. The van der Waals surface area contributed by atoms with Crippen molar-refractivity contribution in [3.8, 4) is 17.2 Å². The van der Waals surface area contributed by atoms with Crippen LogP contribution in [0.25, 0.3) is 6.08 Å². The van der Waals surface area contributed by atoms with Gasteiger partial charge in [0.1, 0.15) is 17.2 Å². The molecule has 116 heavy (non-hydrogen) atoms. The van der Waals surface area contributed by atoms with Crippen LogP contribution in [0.4, 0.5) is 62.3 Å². The highest BCUT2D eigenvalue weighted by atomic mass is 79.9. The molecule has 0 saturated heterocycles. The molecule has 0 spiro atoms. The van der Waals surface area contributed by atoms with Gasteiger partial charge < -0.3 is 64.0 Å². The summed E-state index contributed by atoms with van der Waals surface area (Å²) < 4.78 is 124. The first-order valence-electron chi connectivity index (χ1n) is 34.1. The lowest BCUT2D eigenvalue weighted by Gasteiger charge is -2.19. The number of alkyl halides is 9. The second-order valence-electron chi connectivity index (χ2n) is 22.4. The van der Waals surface area contributed by atoms with Crippen molar-refractivity contribution >= 4 is 124 Å². The molecular weight excluding hydrogens is 1700 g/mol. The number of thioether (sulfide) groups is 1. The molecule has 0 fully saturated rings. The largest absolute Gasteiger partial charge is 0.573 e. The number of carbonyl (C=O) groups is 1. The van der Waals surface area contributed by atoms with E-state index in [9.17, 15) is 44.3 Å². The van der Waals surface area contributed by atoms with Gasteiger partial charge >= 0.3 is 37.4 Å². The molecule has 0 saturated carbocycles. The minimum Gasteiger partial charge on any atom is -0.465 e. The van der Waals surface area contributed by atoms with Gasteiger partial charge in [-0.15, -0.1) is 52.1 Å². The van der Waals surface area contributed by atoms with E-state index in [1.807, 2.05) is 207 Å². The number of thiol groups is 1. The smallest absolute Gasteiger partial charge is 0.465 e. The number of nitrogens with zero attached hydrogens (tertiary/aromatic N) is 8. The van der Waals surface area contributed by atoms with Crippen LogP contribution in [0.3, 0.4) is 0 Å². The molecule has 2 aliphatic rings. The van der Waals surface area contributed by atoms with Crippen molar-refractivity contribution in [1.82, 2.24) is 4.90 Å². The van der Waals surface area contributed by atoms with E-state index in [-0.39, 0.29) is 47.7 Å². The Bertz CT molecular complexity index is 4270. The summed E-state index contributed by atoms with van der Waals surface area (Å²) in [6, 6.07) is 72.7. The Labute approximate surface area is 692 Å². The van der Waals surface area contributed by atoms with Crippen molar-refractivity contribution in [3.05, 3.63) is 278 Å². The fourth-order valence-corrected chi connectivity index (χ4v) is 10.1. The van der Waals surface area contributed by atoms with Crippen molar-refractivity contribution in [2.45, 2.75) is 74.7 Å². The predicted octanol–water partition coefficient (Wildman–Crippen LogP) is 21.1. The van der Waals surface area contributed by atoms with Crippen LogP contribution in [-0.4, -0.2) is 128 Å². The summed E-state index contributed by atoms with van der Waals surface area (Å²) >= 11 is 11.1. The third-order valence-corrected chi connectivity index (χ3v) is 16.6. The normalized spacial score (nSPS) is 12.6. The summed E-state index contributed by atoms with van der Waals surface area (Å²) in [7, 11) is 8.85. The standard InChI is InChI=1S/2C17H15F3N2O2.C14H14N2OS.C9H7F3O.C9H11NO2.C6H15N.C6H6S.CHBr2NO.2CO2/c2*1-22(13-5-3-2-4-6-13)16-11-15(24-21-16)12-7-9-14(10-8-12)23-17(18,19)20;1-16(12-8-4-2-5-9-12)14(15-17)18-13-10-6-3-7-11-13;1-2-7-3-5-8(6-4-7)13-9(10,11)12;1-10-8-5-3-7(4-6-8)9(11)12-2;1-4-7(5-2)6-3;7-6-4-2-1-3-5-6;2-1(3)4-5;2*2-1-3/h2*2-10,15H,11H2,1H3;2-11,17H,1H3;2-6H,1H2;3-6,10H,1-2H3;4-6H2,1-3H3;1-5,7H;5H;;/b;;15-14+;;;;;;;/t2*15-;;;;;;;;/m10......../s1. The third-order valence-electron chi connectivity index (χ3n) is 14.9. The molecule has 2 atom stereocenters. The maximum atomic E-state index is 12.2. The second kappa shape index (κ2) is 55.8. The van der Waals surface area contributed by atoms with E-state index in [4.69, 9.17) is 39.3 Å². The van der Waals surface area contributed by atoms with Gasteiger partial charge in [0.25, 0.3) is 0 Å². The monoisotopic (exact) mass is 1780 g/mol. The number of rotatable bonds is 15. The molecule has 620 valence electrons. The number of oxime groups is 4. The van der Waals surface area contributed by atoms with E-state index in [1.54, 1.807) is 36.4 Å². The van der Waals surface area contributed by atoms with Crippen LogP contribution >= 0.6 is 56.3 Å². The molecule has 0 radical (unpaired) electrons. The minimum absolute atomic E-state index is 0.224. The quantitative estimate of drug-likeness (QED) is 0.0109. The molecule has 0 aliphatic carbocycles. The topological polar surface area (TPSA) is 256 Å². The first-order valence-corrected chi connectivity index (χ1v) is 36.9. The third kappa shape index (κ3) is 42.5. The summed E-state index contributed by atoms with van der Waals surface area (Å²) in [6.07, 6.45) is -11.6. The van der Waals surface area contributed by atoms with Gasteiger partial charge in [-0.25, -0.2) is 4.79 Å². The van der Waals surface area contributed by atoms with Crippen LogP contribution in [0.2, 0.25) is 0 Å². The maximum absolute atomic E-state index is 12.2. The highest BCUT2D eigenvalue weighted by Crippen LogP contribution is 2.34. The van der Waals surface area contributed by atoms with Crippen molar-refractivity contribution in [3.63, 3.8) is 0 Å². The SMILES string of the molecule is C=Cc1ccc(OC(F)(F)F)cc1.CCN(CC)CC.CN(/C(=N\O)Sc1ccccc1)c1ccccc1.CN(C1=NO[C@@H](c2ccc(OC(F)(F)F)cc2)C1)c1ccccc1.CN(C1=NO[C@H](c2ccc(OC(F)(F)F)cc2)C1)c1ccccc1.CNc1ccc(C(=O)OC)cc1.O=C=O.O=C=O.ON=C(Br)Br.Sc1ccccc1. The van der Waals surface area contributed by atoms with Gasteiger partial charge in [0.05, 0.1) is 25.5 Å². The fourth-order valence-electron chi connectivity index (χ4n) is 9.16. The molecule has 2 aliphatic heterocycles. The van der Waals surface area contributed by atoms with Crippen LogP contribution in [0, 0.1) is 0 Å². The number of carbonyl (C=O) groups excluding carboxylic acids is 5. The molecule has 0 bridgehead atoms. The zero-order valence-electron chi connectivity index (χ0n) is 63.6. The number of hydrogen-bond donors (Lipinski definition) is 4. The van der Waals surface area contributed by atoms with Crippen molar-refractivity contribution in [1.29, 1.82) is 0 Å². The number of methoxy groups -OCH3 is 1. The van der Waals surface area contributed by atoms with E-state index in [0.29, 0.717) is 27.1 Å². The Morgan fingerprint density at radius 3 is 1.16 bits per heavy atom. The summed E-state index contributed by atoms with van der Waals surface area (Å²) in [5.41, 5.74) is 6.71. The summed E-state index contributed by atoms with van der Waals surface area (Å²) in [6.45, 7) is 13.6. The number of hydrogen-bond acceptors (Lipinski definition) is 23. The summed E-state index contributed by atoms with van der Waals surface area (Å²) in [4.78, 5) is 64.4. The van der Waals surface area contributed by atoms with Gasteiger partial charge in [-0.2, -0.15) is 19.2 Å². The number of para-hydroxylation sites is 3. The average Bonchev–Trinajstić information content (AvgIpc) is 1.68. The number of benzene rings is 9. The van der Waals surface area contributed by atoms with Gasteiger partial charge in [0.15, 0.2) is 27.4 Å². The van der Waals surface area contributed by atoms with Gasteiger partial charge in [-0.1, -0.05) is 181 Å². The lowest BCUT2D eigenvalue weighted by atomic mass is 10.1. The van der Waals surface area contributed by atoms with Gasteiger partial charge in [-0.05, 0) is 201 Å². The lowest BCUT2D eigenvalue weighted by Crippen LogP contribution is -2.24. The Morgan fingerprint density at radius 1 is 0.552 bits per heavy atom. The van der Waals surface area contributed by atoms with Crippen molar-refractivity contribution in [2.24, 2.45) is 20.6 Å². The molecule has 22 nitrogen and oxygen atoms in total. The van der Waals surface area contributed by atoms with Crippen LogP contribution in [0.1, 0.15) is 72.9 Å². The molecule has 3 N–H and O–H groups in total. The molecule has 0 amide bonds. The molecule has 9 aromatic carbocycles. The molecule has 11 rings (SSSR count). The molecule has 0 aromatic heterocycles. The Kier molecular flexibility index (Phi) is 48.4. The van der Waals surface area contributed by atoms with E-state index >= 15 is 0 Å². The van der Waals surface area contributed by atoms with E-state index in [1.165, 1.54) is 93.1 Å². The number of nitrogens with one attached hydrogen (secondary N) is 1. The van der Waals surface area contributed by atoms with Gasteiger partial charge in [0.2, 0.25) is 5.17 Å². The first-order chi connectivity index (χ1) is 55.3. The number of anilines is 4. The number of halogens is 11. The number of esters is 1. The zero-order chi connectivity index (χ0) is 86.5. The molecule has 9 aromatic rings. The summed E-state index contributed by atoms with van der Waals surface area (Å²) in [5, 5.41) is 34.4. The van der Waals surface area contributed by atoms with Crippen LogP contribution in [-0.2, 0) is 33.6 Å². The van der Waals surface area contributed by atoms with E-state index < -0.39 is 19.1 Å². The summed E-state index contributed by atoms with van der Waals surface area (Å²) in [5.74, 6) is 0.456. The Balaban J connectivity index is 0.000000465. The fraction of sp³-hybridized carbons (Fsp3) is 0.222. The second-order valence-corrected chi connectivity index (χ2v) is 26.6. The average molecular weight is 1790 g/mol. The highest BCUT2D eigenvalue weighted by molar-refractivity contribution is 9.39. The van der Waals surface area contributed by atoms with Gasteiger partial charge in [-0.3, -0.25) is 0 Å². The first kappa shape index (κ1) is 100. The molecular formula is C81H84Br2F9N9O13S2. The number of ether oxygens (including phenoxy) is 4. The molecule has 0 unspecified atom stereocenters. The maximum Gasteiger partial charge on any atom is 0.573 e.